The Morgan fingerprint density at radius 1 is 1.43 bits per heavy atom. The van der Waals surface area contributed by atoms with E-state index in [0.29, 0.717) is 17.1 Å². The van der Waals surface area contributed by atoms with Gasteiger partial charge in [0.15, 0.2) is 5.75 Å². The van der Waals surface area contributed by atoms with Gasteiger partial charge in [-0.05, 0) is 43.9 Å². The second kappa shape index (κ2) is 5.98. The molecule has 1 atom stereocenters. The molecule has 0 spiro atoms. The summed E-state index contributed by atoms with van der Waals surface area (Å²) in [6.07, 6.45) is 6.69. The molecule has 0 bridgehead atoms. The normalized spacial score (nSPS) is 18.2. The number of nitrogens with zero attached hydrogens (tertiary/aromatic N) is 3. The summed E-state index contributed by atoms with van der Waals surface area (Å²) in [7, 11) is 0. The van der Waals surface area contributed by atoms with E-state index in [4.69, 9.17) is 14.7 Å². The first kappa shape index (κ1) is 13.7. The van der Waals surface area contributed by atoms with E-state index in [1.54, 1.807) is 16.9 Å². The van der Waals surface area contributed by atoms with Crippen LogP contribution in [-0.4, -0.2) is 16.4 Å². The van der Waals surface area contributed by atoms with Crippen LogP contribution in [0.3, 0.4) is 0 Å². The Morgan fingerprint density at radius 3 is 3.10 bits per heavy atom. The average molecular weight is 283 g/mol. The monoisotopic (exact) mass is 283 g/mol. The molecule has 2 aromatic rings. The molecule has 108 valence electrons. The molecule has 1 fully saturated rings. The highest BCUT2D eigenvalue weighted by molar-refractivity contribution is 5.46. The van der Waals surface area contributed by atoms with E-state index in [2.05, 4.69) is 11.2 Å². The van der Waals surface area contributed by atoms with Crippen LogP contribution in [0.15, 0.2) is 30.6 Å². The van der Waals surface area contributed by atoms with Gasteiger partial charge in [0.25, 0.3) is 0 Å². The third kappa shape index (κ3) is 3.06. The minimum absolute atomic E-state index is 0.0101. The van der Waals surface area contributed by atoms with E-state index in [1.807, 2.05) is 25.3 Å². The fraction of sp³-hybridized carbons (Fsp3) is 0.375. The molecule has 0 radical (unpaired) electrons. The fourth-order valence-electron chi connectivity index (χ4n) is 2.40. The van der Waals surface area contributed by atoms with Crippen molar-refractivity contribution in [3.63, 3.8) is 0 Å². The number of rotatable bonds is 3. The van der Waals surface area contributed by atoms with E-state index in [-0.39, 0.29) is 6.23 Å². The Bertz CT molecular complexity index is 666. The van der Waals surface area contributed by atoms with Crippen LogP contribution in [0.25, 0.3) is 0 Å². The van der Waals surface area contributed by atoms with Gasteiger partial charge in [-0.2, -0.15) is 10.4 Å². The summed E-state index contributed by atoms with van der Waals surface area (Å²) in [5.41, 5.74) is 1.56. The highest BCUT2D eigenvalue weighted by Gasteiger charge is 2.17. The van der Waals surface area contributed by atoms with E-state index >= 15 is 0 Å². The van der Waals surface area contributed by atoms with Gasteiger partial charge < -0.3 is 9.47 Å². The molecular formula is C16H17N3O2. The van der Waals surface area contributed by atoms with Crippen LogP contribution in [0.2, 0.25) is 0 Å². The predicted molar refractivity (Wildman–Crippen MR) is 77.0 cm³/mol. The standard InChI is InChI=1S/C16H17N3O2/c1-12-5-6-13(9-17)15(8-12)21-14-10-18-19(11-14)16-4-2-3-7-20-16/h5-6,8,10-11,16H,2-4,7H2,1H3. The minimum atomic E-state index is -0.0101. The Hall–Kier alpha value is -2.32. The Morgan fingerprint density at radius 2 is 2.33 bits per heavy atom. The maximum Gasteiger partial charge on any atom is 0.165 e. The third-order valence-corrected chi connectivity index (χ3v) is 3.51. The van der Waals surface area contributed by atoms with Crippen molar-refractivity contribution in [2.45, 2.75) is 32.4 Å². The molecule has 0 amide bonds. The van der Waals surface area contributed by atoms with Gasteiger partial charge in [-0.1, -0.05) is 6.07 Å². The first-order valence-electron chi connectivity index (χ1n) is 7.10. The summed E-state index contributed by atoms with van der Waals surface area (Å²) >= 11 is 0. The van der Waals surface area contributed by atoms with E-state index < -0.39 is 0 Å². The van der Waals surface area contributed by atoms with Crippen molar-refractivity contribution < 1.29 is 9.47 Å². The summed E-state index contributed by atoms with van der Waals surface area (Å²) in [5.74, 6) is 1.17. The maximum atomic E-state index is 9.13. The second-order valence-corrected chi connectivity index (χ2v) is 5.19. The van der Waals surface area contributed by atoms with E-state index in [1.165, 1.54) is 0 Å². The lowest BCUT2D eigenvalue weighted by Crippen LogP contribution is -2.18. The number of benzene rings is 1. The van der Waals surface area contributed by atoms with Crippen LogP contribution >= 0.6 is 0 Å². The maximum absolute atomic E-state index is 9.13. The number of hydrogen-bond donors (Lipinski definition) is 0. The molecule has 0 saturated carbocycles. The van der Waals surface area contributed by atoms with Crippen molar-refractivity contribution in [2.75, 3.05) is 6.61 Å². The molecule has 5 nitrogen and oxygen atoms in total. The van der Waals surface area contributed by atoms with Crippen molar-refractivity contribution in [3.8, 4) is 17.6 Å². The lowest BCUT2D eigenvalue weighted by Gasteiger charge is -2.22. The van der Waals surface area contributed by atoms with Crippen molar-refractivity contribution in [1.82, 2.24) is 9.78 Å². The molecule has 2 heterocycles. The van der Waals surface area contributed by atoms with Crippen LogP contribution in [-0.2, 0) is 4.74 Å². The van der Waals surface area contributed by atoms with Gasteiger partial charge in [-0.25, -0.2) is 4.68 Å². The Kier molecular flexibility index (Phi) is 3.89. The Balaban J connectivity index is 1.78. The van der Waals surface area contributed by atoms with Crippen LogP contribution in [0.4, 0.5) is 0 Å². The summed E-state index contributed by atoms with van der Waals surface area (Å²) < 4.78 is 13.3. The molecule has 1 aromatic carbocycles. The lowest BCUT2D eigenvalue weighted by molar-refractivity contribution is -0.0395. The number of hydrogen-bond acceptors (Lipinski definition) is 4. The summed E-state index contributed by atoms with van der Waals surface area (Å²) in [4.78, 5) is 0. The Labute approximate surface area is 123 Å². The van der Waals surface area contributed by atoms with Crippen molar-refractivity contribution in [2.24, 2.45) is 0 Å². The quantitative estimate of drug-likeness (QED) is 0.864. The highest BCUT2D eigenvalue weighted by atomic mass is 16.5. The highest BCUT2D eigenvalue weighted by Crippen LogP contribution is 2.28. The molecule has 3 rings (SSSR count). The van der Waals surface area contributed by atoms with Crippen LogP contribution in [0, 0.1) is 18.3 Å². The molecule has 0 aliphatic carbocycles. The number of ether oxygens (including phenoxy) is 2. The largest absolute Gasteiger partial charge is 0.453 e. The van der Waals surface area contributed by atoms with Gasteiger partial charge in [0.2, 0.25) is 0 Å². The number of aryl methyl sites for hydroxylation is 1. The topological polar surface area (TPSA) is 60.1 Å². The summed E-state index contributed by atoms with van der Waals surface area (Å²) in [6, 6.07) is 7.65. The van der Waals surface area contributed by atoms with Crippen LogP contribution < -0.4 is 4.74 Å². The van der Waals surface area contributed by atoms with Gasteiger partial charge in [0.1, 0.15) is 18.0 Å². The molecular weight excluding hydrogens is 266 g/mol. The summed E-state index contributed by atoms with van der Waals surface area (Å²) in [6.45, 7) is 2.74. The predicted octanol–water partition coefficient (Wildman–Crippen LogP) is 3.55. The minimum Gasteiger partial charge on any atom is -0.453 e. The van der Waals surface area contributed by atoms with Gasteiger partial charge in [0.05, 0.1) is 18.0 Å². The zero-order valence-electron chi connectivity index (χ0n) is 12.0. The van der Waals surface area contributed by atoms with Gasteiger partial charge in [0, 0.05) is 6.61 Å². The average Bonchev–Trinajstić information content (AvgIpc) is 2.97. The molecule has 1 unspecified atom stereocenters. The number of aromatic nitrogens is 2. The summed E-state index contributed by atoms with van der Waals surface area (Å²) in [5, 5.41) is 13.4. The molecule has 0 N–H and O–H groups in total. The van der Waals surface area contributed by atoms with Crippen LogP contribution in [0.1, 0.15) is 36.6 Å². The van der Waals surface area contributed by atoms with E-state index in [9.17, 15) is 0 Å². The first-order chi connectivity index (χ1) is 10.3. The third-order valence-electron chi connectivity index (χ3n) is 3.51. The van der Waals surface area contributed by atoms with E-state index in [0.717, 1.165) is 31.4 Å². The molecule has 1 saturated heterocycles. The first-order valence-corrected chi connectivity index (χ1v) is 7.10. The van der Waals surface area contributed by atoms with Gasteiger partial charge in [-0.15, -0.1) is 0 Å². The smallest absolute Gasteiger partial charge is 0.165 e. The van der Waals surface area contributed by atoms with Crippen LogP contribution in [0.5, 0.6) is 11.5 Å². The SMILES string of the molecule is Cc1ccc(C#N)c(Oc2cnn(C3CCCCO3)c2)c1. The zero-order valence-corrected chi connectivity index (χ0v) is 12.0. The molecule has 5 heteroatoms. The zero-order chi connectivity index (χ0) is 14.7. The fourth-order valence-corrected chi connectivity index (χ4v) is 2.40. The van der Waals surface area contributed by atoms with Crippen molar-refractivity contribution >= 4 is 0 Å². The lowest BCUT2D eigenvalue weighted by atomic mass is 10.1. The van der Waals surface area contributed by atoms with Crippen molar-refractivity contribution in [1.29, 1.82) is 5.26 Å². The second-order valence-electron chi connectivity index (χ2n) is 5.19. The number of nitriles is 1. The van der Waals surface area contributed by atoms with Gasteiger partial charge in [-0.3, -0.25) is 0 Å². The molecule has 1 aliphatic rings. The molecule has 21 heavy (non-hydrogen) atoms. The van der Waals surface area contributed by atoms with Gasteiger partial charge >= 0.3 is 0 Å². The molecule has 1 aliphatic heterocycles. The molecule has 1 aromatic heterocycles. The van der Waals surface area contributed by atoms with Crippen molar-refractivity contribution in [3.05, 3.63) is 41.7 Å².